The summed E-state index contributed by atoms with van der Waals surface area (Å²) in [6.45, 7) is 10.4. The molecule has 1 amide bonds. The van der Waals surface area contributed by atoms with E-state index in [0.29, 0.717) is 17.4 Å². The number of carbonyl (C=O) groups excluding carboxylic acids is 1. The van der Waals surface area contributed by atoms with Gasteiger partial charge >= 0.3 is 0 Å². The first-order chi connectivity index (χ1) is 10.5. The molecule has 0 saturated heterocycles. The summed E-state index contributed by atoms with van der Waals surface area (Å²) >= 11 is 0. The van der Waals surface area contributed by atoms with Crippen molar-refractivity contribution in [2.24, 2.45) is 5.92 Å². The van der Waals surface area contributed by atoms with Crippen molar-refractivity contribution in [3.8, 4) is 0 Å². The molecule has 0 saturated carbocycles. The molecule has 0 heterocycles. The quantitative estimate of drug-likeness (QED) is 0.829. The Labute approximate surface area is 140 Å². The number of amides is 1. The predicted octanol–water partition coefficient (Wildman–Crippen LogP) is 2.39. The second kappa shape index (κ2) is 7.93. The Balaban J connectivity index is 2.73. The SMILES string of the molecule is Cc1cc(C)c(S(=O)(=O)NCCC(=O)N(C)CC(C)C)c(C)c1. The van der Waals surface area contributed by atoms with Crippen LogP contribution in [0.25, 0.3) is 0 Å². The maximum Gasteiger partial charge on any atom is 0.241 e. The molecule has 0 aromatic heterocycles. The summed E-state index contributed by atoms with van der Waals surface area (Å²) in [5, 5.41) is 0. The lowest BCUT2D eigenvalue weighted by Gasteiger charge is -2.19. The van der Waals surface area contributed by atoms with E-state index in [1.165, 1.54) is 0 Å². The number of rotatable bonds is 7. The van der Waals surface area contributed by atoms with Crippen molar-refractivity contribution in [2.75, 3.05) is 20.1 Å². The minimum Gasteiger partial charge on any atom is -0.345 e. The summed E-state index contributed by atoms with van der Waals surface area (Å²) in [5.74, 6) is 0.331. The van der Waals surface area contributed by atoms with Crippen LogP contribution in [0.4, 0.5) is 0 Å². The first-order valence-electron chi connectivity index (χ1n) is 7.86. The highest BCUT2D eigenvalue weighted by Gasteiger charge is 2.20. The molecule has 0 spiro atoms. The molecule has 0 unspecified atom stereocenters. The van der Waals surface area contributed by atoms with Gasteiger partial charge < -0.3 is 4.90 Å². The number of benzene rings is 1. The smallest absolute Gasteiger partial charge is 0.241 e. The summed E-state index contributed by atoms with van der Waals surface area (Å²) in [5.41, 5.74) is 2.47. The van der Waals surface area contributed by atoms with E-state index < -0.39 is 10.0 Å². The van der Waals surface area contributed by atoms with Crippen molar-refractivity contribution < 1.29 is 13.2 Å². The van der Waals surface area contributed by atoms with Gasteiger partial charge in [0.05, 0.1) is 4.90 Å². The van der Waals surface area contributed by atoms with E-state index in [0.717, 1.165) is 16.7 Å². The maximum atomic E-state index is 12.5. The summed E-state index contributed by atoms with van der Waals surface area (Å²) in [6.07, 6.45) is 0.159. The molecule has 1 rings (SSSR count). The minimum atomic E-state index is -3.60. The Hall–Kier alpha value is -1.40. The number of hydrogen-bond acceptors (Lipinski definition) is 3. The molecule has 0 fully saturated rings. The second-order valence-corrected chi connectivity index (χ2v) is 8.25. The van der Waals surface area contributed by atoms with Gasteiger partial charge in [0.25, 0.3) is 0 Å². The van der Waals surface area contributed by atoms with E-state index in [1.54, 1.807) is 25.8 Å². The van der Waals surface area contributed by atoms with Gasteiger partial charge in [-0.1, -0.05) is 31.5 Å². The van der Waals surface area contributed by atoms with Gasteiger partial charge in [-0.05, 0) is 37.8 Å². The topological polar surface area (TPSA) is 66.5 Å². The summed E-state index contributed by atoms with van der Waals surface area (Å²) in [4.78, 5) is 13.9. The molecule has 0 bridgehead atoms. The van der Waals surface area contributed by atoms with Crippen LogP contribution in [0.2, 0.25) is 0 Å². The molecule has 23 heavy (non-hydrogen) atoms. The molecular formula is C17H28N2O3S. The van der Waals surface area contributed by atoms with Crippen LogP contribution in [-0.2, 0) is 14.8 Å². The third kappa shape index (κ3) is 5.62. The third-order valence-electron chi connectivity index (χ3n) is 3.57. The molecule has 1 aromatic rings. The zero-order valence-corrected chi connectivity index (χ0v) is 15.8. The van der Waals surface area contributed by atoms with Crippen LogP contribution in [0.1, 0.15) is 37.0 Å². The molecule has 0 radical (unpaired) electrons. The predicted molar refractivity (Wildman–Crippen MR) is 92.9 cm³/mol. The lowest BCUT2D eigenvalue weighted by molar-refractivity contribution is -0.130. The molecule has 5 nitrogen and oxygen atoms in total. The van der Waals surface area contributed by atoms with Crippen LogP contribution in [0.3, 0.4) is 0 Å². The Morgan fingerprint density at radius 2 is 1.70 bits per heavy atom. The number of sulfonamides is 1. The van der Waals surface area contributed by atoms with E-state index in [-0.39, 0.29) is 18.9 Å². The van der Waals surface area contributed by atoms with Crippen molar-refractivity contribution >= 4 is 15.9 Å². The van der Waals surface area contributed by atoms with Crippen molar-refractivity contribution in [1.29, 1.82) is 0 Å². The minimum absolute atomic E-state index is 0.0567. The molecule has 0 aliphatic rings. The lowest BCUT2D eigenvalue weighted by Crippen LogP contribution is -2.34. The highest BCUT2D eigenvalue weighted by Crippen LogP contribution is 2.21. The number of hydrogen-bond donors (Lipinski definition) is 1. The normalized spacial score (nSPS) is 11.8. The first kappa shape index (κ1) is 19.6. The third-order valence-corrected chi connectivity index (χ3v) is 5.33. The average molecular weight is 340 g/mol. The van der Waals surface area contributed by atoms with Crippen molar-refractivity contribution in [2.45, 2.75) is 45.9 Å². The molecule has 1 aromatic carbocycles. The van der Waals surface area contributed by atoms with E-state index >= 15 is 0 Å². The van der Waals surface area contributed by atoms with Gasteiger partial charge in [-0.3, -0.25) is 4.79 Å². The molecule has 0 atom stereocenters. The number of nitrogens with zero attached hydrogens (tertiary/aromatic N) is 1. The van der Waals surface area contributed by atoms with Gasteiger partial charge in [-0.15, -0.1) is 0 Å². The Morgan fingerprint density at radius 1 is 1.17 bits per heavy atom. The van der Waals surface area contributed by atoms with Gasteiger partial charge in [0, 0.05) is 26.6 Å². The second-order valence-electron chi connectivity index (χ2n) is 6.54. The van der Waals surface area contributed by atoms with E-state index in [4.69, 9.17) is 0 Å². The molecule has 0 aliphatic carbocycles. The fourth-order valence-corrected chi connectivity index (χ4v) is 4.28. The Kier molecular flexibility index (Phi) is 6.77. The number of aryl methyl sites for hydroxylation is 3. The molecule has 130 valence electrons. The standard InChI is InChI=1S/C17H28N2O3S/c1-12(2)11-19(6)16(20)7-8-18-23(21,22)17-14(4)9-13(3)10-15(17)5/h9-10,12,18H,7-8,11H2,1-6H3. The highest BCUT2D eigenvalue weighted by atomic mass is 32.2. The van der Waals surface area contributed by atoms with Crippen LogP contribution in [-0.4, -0.2) is 39.4 Å². The maximum absolute atomic E-state index is 12.5. The van der Waals surface area contributed by atoms with Gasteiger partial charge in [0.1, 0.15) is 0 Å². The van der Waals surface area contributed by atoms with E-state index in [2.05, 4.69) is 4.72 Å². The molecular weight excluding hydrogens is 312 g/mol. The van der Waals surface area contributed by atoms with Gasteiger partial charge in [0.2, 0.25) is 15.9 Å². The largest absolute Gasteiger partial charge is 0.345 e. The van der Waals surface area contributed by atoms with Gasteiger partial charge in [-0.2, -0.15) is 0 Å². The fraction of sp³-hybridized carbons (Fsp3) is 0.588. The van der Waals surface area contributed by atoms with Crippen molar-refractivity contribution in [3.05, 3.63) is 28.8 Å². The Morgan fingerprint density at radius 3 is 2.17 bits per heavy atom. The highest BCUT2D eigenvalue weighted by molar-refractivity contribution is 7.89. The lowest BCUT2D eigenvalue weighted by atomic mass is 10.1. The van der Waals surface area contributed by atoms with Crippen LogP contribution in [0.15, 0.2) is 17.0 Å². The zero-order valence-electron chi connectivity index (χ0n) is 14.9. The number of nitrogens with one attached hydrogen (secondary N) is 1. The number of carbonyl (C=O) groups is 1. The Bertz CT molecular complexity index is 643. The van der Waals surface area contributed by atoms with Crippen LogP contribution in [0.5, 0.6) is 0 Å². The van der Waals surface area contributed by atoms with Gasteiger partial charge in [0.15, 0.2) is 0 Å². The summed E-state index contributed by atoms with van der Waals surface area (Å²) in [7, 11) is -1.86. The van der Waals surface area contributed by atoms with Crippen LogP contribution >= 0.6 is 0 Å². The van der Waals surface area contributed by atoms with E-state index in [9.17, 15) is 13.2 Å². The molecule has 1 N–H and O–H groups in total. The van der Waals surface area contributed by atoms with Crippen molar-refractivity contribution in [1.82, 2.24) is 9.62 Å². The van der Waals surface area contributed by atoms with Gasteiger partial charge in [-0.25, -0.2) is 13.1 Å². The van der Waals surface area contributed by atoms with Crippen LogP contribution < -0.4 is 4.72 Å². The molecule has 0 aliphatic heterocycles. The monoisotopic (exact) mass is 340 g/mol. The zero-order chi connectivity index (χ0) is 17.8. The summed E-state index contributed by atoms with van der Waals surface area (Å²) < 4.78 is 27.5. The van der Waals surface area contributed by atoms with Crippen molar-refractivity contribution in [3.63, 3.8) is 0 Å². The van der Waals surface area contributed by atoms with Crippen LogP contribution in [0, 0.1) is 26.7 Å². The first-order valence-corrected chi connectivity index (χ1v) is 9.34. The van der Waals surface area contributed by atoms with E-state index in [1.807, 2.05) is 32.9 Å². The summed E-state index contributed by atoms with van der Waals surface area (Å²) in [6, 6.07) is 3.70. The average Bonchev–Trinajstić information content (AvgIpc) is 2.35. The molecule has 6 heteroatoms. The fourth-order valence-electron chi connectivity index (χ4n) is 2.80.